The topological polar surface area (TPSA) is 29.1 Å². The Morgan fingerprint density at radius 2 is 1.85 bits per heavy atom. The van der Waals surface area contributed by atoms with Crippen molar-refractivity contribution < 1.29 is 18.0 Å². The summed E-state index contributed by atoms with van der Waals surface area (Å²) in [4.78, 5) is 11.8. The van der Waals surface area contributed by atoms with Crippen LogP contribution >= 0.6 is 15.9 Å². The molecule has 1 amide bonds. The second-order valence-electron chi connectivity index (χ2n) is 6.57. The van der Waals surface area contributed by atoms with Crippen molar-refractivity contribution in [3.8, 4) is 0 Å². The number of carbonyl (C=O) groups excluding carboxylic acids is 1. The molecule has 2 aromatic rings. The summed E-state index contributed by atoms with van der Waals surface area (Å²) in [5, 5.41) is 2.24. The lowest BCUT2D eigenvalue weighted by molar-refractivity contribution is -0.174. The van der Waals surface area contributed by atoms with Crippen LogP contribution < -0.4 is 5.32 Å². The molecule has 1 aliphatic carbocycles. The van der Waals surface area contributed by atoms with Crippen molar-refractivity contribution >= 4 is 27.4 Å². The number of hydrogen-bond donors (Lipinski definition) is 1. The fraction of sp³-hybridized carbons (Fsp3) is 0.286. The van der Waals surface area contributed by atoms with Crippen LogP contribution in [-0.4, -0.2) is 12.1 Å². The third kappa shape index (κ3) is 4.80. The van der Waals surface area contributed by atoms with E-state index < -0.39 is 18.1 Å². The normalized spacial score (nSPS) is 18.5. The number of rotatable bonds is 4. The van der Waals surface area contributed by atoms with Gasteiger partial charge >= 0.3 is 12.1 Å². The summed E-state index contributed by atoms with van der Waals surface area (Å²) in [5.41, 5.74) is 2.61. The summed E-state index contributed by atoms with van der Waals surface area (Å²) >= 11 is 3.37. The minimum absolute atomic E-state index is 0.234. The van der Waals surface area contributed by atoms with Gasteiger partial charge < -0.3 is 5.32 Å². The molecule has 0 bridgehead atoms. The highest BCUT2D eigenvalue weighted by Crippen LogP contribution is 2.41. The van der Waals surface area contributed by atoms with Gasteiger partial charge in [0.15, 0.2) is 0 Å². The summed E-state index contributed by atoms with van der Waals surface area (Å²) in [5.74, 6) is -2.15. The van der Waals surface area contributed by atoms with E-state index in [1.165, 1.54) is 0 Å². The molecule has 0 spiro atoms. The van der Waals surface area contributed by atoms with Crippen LogP contribution in [0.2, 0.25) is 0 Å². The maximum Gasteiger partial charge on any atom is 0.471 e. The summed E-state index contributed by atoms with van der Waals surface area (Å²) in [6.45, 7) is 0. The van der Waals surface area contributed by atoms with Crippen molar-refractivity contribution in [3.63, 3.8) is 0 Å². The summed E-state index contributed by atoms with van der Waals surface area (Å²) < 4.78 is 39.6. The number of halogens is 4. The molecular weight excluding hydrogens is 419 g/mol. The first-order chi connectivity index (χ1) is 12.9. The van der Waals surface area contributed by atoms with E-state index in [0.717, 1.165) is 28.5 Å². The lowest BCUT2D eigenvalue weighted by Crippen LogP contribution is -2.42. The van der Waals surface area contributed by atoms with Gasteiger partial charge in [0.05, 0.1) is 6.04 Å². The monoisotopic (exact) mass is 437 g/mol. The van der Waals surface area contributed by atoms with Crippen LogP contribution in [0.25, 0.3) is 5.57 Å². The first kappa shape index (κ1) is 19.7. The quantitative estimate of drug-likeness (QED) is 0.619. The van der Waals surface area contributed by atoms with E-state index in [1.54, 1.807) is 24.3 Å². The molecule has 2 nitrogen and oxygen atoms in total. The van der Waals surface area contributed by atoms with E-state index in [1.807, 2.05) is 30.3 Å². The maximum absolute atomic E-state index is 13.0. The third-order valence-corrected chi connectivity index (χ3v) is 5.24. The Labute approximate surface area is 164 Å². The van der Waals surface area contributed by atoms with E-state index >= 15 is 0 Å². The molecule has 0 saturated carbocycles. The lowest BCUT2D eigenvalue weighted by atomic mass is 9.77. The molecule has 142 valence electrons. The van der Waals surface area contributed by atoms with E-state index in [-0.39, 0.29) is 5.92 Å². The molecule has 6 heteroatoms. The molecular formula is C21H19BrF3NO. The molecule has 2 atom stereocenters. The van der Waals surface area contributed by atoms with Crippen molar-refractivity contribution in [1.82, 2.24) is 5.32 Å². The summed E-state index contributed by atoms with van der Waals surface area (Å²) in [7, 11) is 0. The van der Waals surface area contributed by atoms with Gasteiger partial charge in [-0.3, -0.25) is 4.79 Å². The Morgan fingerprint density at radius 3 is 2.52 bits per heavy atom. The standard InChI is InChI=1S/C21H19BrF3NO/c22-16-10-6-9-15(13-16)19(26-20(27)21(23,24)25)18-12-5-4-11-17(18)14-7-2-1-3-8-14/h1-3,6-11,13,18-19H,4-5,12H2,(H,26,27). The van der Waals surface area contributed by atoms with Crippen molar-refractivity contribution in [1.29, 1.82) is 0 Å². The molecule has 0 saturated heterocycles. The van der Waals surface area contributed by atoms with E-state index in [4.69, 9.17) is 0 Å². The van der Waals surface area contributed by atoms with E-state index in [9.17, 15) is 18.0 Å². The Kier molecular flexibility index (Phi) is 6.05. The Bertz CT molecular complexity index is 833. The number of nitrogens with one attached hydrogen (secondary N) is 1. The van der Waals surface area contributed by atoms with Crippen LogP contribution in [0.15, 0.2) is 65.1 Å². The predicted molar refractivity (Wildman–Crippen MR) is 103 cm³/mol. The smallest absolute Gasteiger partial charge is 0.341 e. The van der Waals surface area contributed by atoms with Crippen LogP contribution in [0, 0.1) is 5.92 Å². The Hall–Kier alpha value is -2.08. The van der Waals surface area contributed by atoms with Gasteiger partial charge in [-0.2, -0.15) is 13.2 Å². The molecule has 3 rings (SSSR count). The molecule has 0 aliphatic heterocycles. The van der Waals surface area contributed by atoms with E-state index in [0.29, 0.717) is 12.0 Å². The first-order valence-corrected chi connectivity index (χ1v) is 9.54. The number of benzene rings is 2. The highest BCUT2D eigenvalue weighted by molar-refractivity contribution is 9.10. The van der Waals surface area contributed by atoms with Gasteiger partial charge in [0.25, 0.3) is 0 Å². The zero-order valence-electron chi connectivity index (χ0n) is 14.5. The largest absolute Gasteiger partial charge is 0.471 e. The van der Waals surface area contributed by atoms with Gasteiger partial charge in [-0.05, 0) is 48.1 Å². The van der Waals surface area contributed by atoms with E-state index in [2.05, 4.69) is 27.3 Å². The average Bonchev–Trinajstić information content (AvgIpc) is 2.66. The molecule has 0 aromatic heterocycles. The van der Waals surface area contributed by atoms with Gasteiger partial charge in [-0.1, -0.05) is 64.5 Å². The zero-order chi connectivity index (χ0) is 19.4. The molecule has 0 radical (unpaired) electrons. The zero-order valence-corrected chi connectivity index (χ0v) is 16.1. The number of amides is 1. The molecule has 1 N–H and O–H groups in total. The first-order valence-electron chi connectivity index (χ1n) is 8.75. The van der Waals surface area contributed by atoms with Crippen LogP contribution in [0.5, 0.6) is 0 Å². The van der Waals surface area contributed by atoms with Gasteiger partial charge in [-0.15, -0.1) is 0 Å². The fourth-order valence-electron chi connectivity index (χ4n) is 3.55. The fourth-order valence-corrected chi connectivity index (χ4v) is 3.97. The minimum atomic E-state index is -4.92. The average molecular weight is 438 g/mol. The van der Waals surface area contributed by atoms with Gasteiger partial charge in [-0.25, -0.2) is 0 Å². The molecule has 1 aliphatic rings. The van der Waals surface area contributed by atoms with Crippen LogP contribution in [-0.2, 0) is 4.79 Å². The summed E-state index contributed by atoms with van der Waals surface area (Å²) in [6, 6.07) is 15.9. The predicted octanol–water partition coefficient (Wildman–Crippen LogP) is 6.05. The number of hydrogen-bond acceptors (Lipinski definition) is 1. The Balaban J connectivity index is 2.01. The van der Waals surface area contributed by atoms with Crippen LogP contribution in [0.1, 0.15) is 36.4 Å². The lowest BCUT2D eigenvalue weighted by Gasteiger charge is -2.33. The van der Waals surface area contributed by atoms with Crippen LogP contribution in [0.4, 0.5) is 13.2 Å². The number of alkyl halides is 3. The third-order valence-electron chi connectivity index (χ3n) is 4.74. The SMILES string of the molecule is O=C(NC(c1cccc(Br)c1)C1CCCC=C1c1ccccc1)C(F)(F)F. The maximum atomic E-state index is 13.0. The van der Waals surface area contributed by atoms with Crippen LogP contribution in [0.3, 0.4) is 0 Å². The minimum Gasteiger partial charge on any atom is -0.341 e. The molecule has 0 fully saturated rings. The number of carbonyl (C=O) groups is 1. The molecule has 27 heavy (non-hydrogen) atoms. The van der Waals surface area contributed by atoms with Gasteiger partial charge in [0.1, 0.15) is 0 Å². The highest BCUT2D eigenvalue weighted by Gasteiger charge is 2.42. The van der Waals surface area contributed by atoms with Crippen molar-refractivity contribution in [2.75, 3.05) is 0 Å². The van der Waals surface area contributed by atoms with Crippen molar-refractivity contribution in [2.45, 2.75) is 31.5 Å². The summed E-state index contributed by atoms with van der Waals surface area (Å²) in [6.07, 6.45) is -0.396. The Morgan fingerprint density at radius 1 is 1.11 bits per heavy atom. The van der Waals surface area contributed by atoms with Gasteiger partial charge in [0.2, 0.25) is 0 Å². The molecule has 0 heterocycles. The highest BCUT2D eigenvalue weighted by atomic mass is 79.9. The molecule has 2 aromatic carbocycles. The second kappa shape index (κ2) is 8.30. The number of allylic oxidation sites excluding steroid dienone is 1. The second-order valence-corrected chi connectivity index (χ2v) is 7.48. The van der Waals surface area contributed by atoms with Gasteiger partial charge in [0, 0.05) is 10.4 Å². The van der Waals surface area contributed by atoms with Crippen molar-refractivity contribution in [2.24, 2.45) is 5.92 Å². The van der Waals surface area contributed by atoms with Crippen molar-refractivity contribution in [3.05, 3.63) is 76.3 Å². The molecule has 2 unspecified atom stereocenters.